The second-order valence-electron chi connectivity index (χ2n) is 4.48. The van der Waals surface area contributed by atoms with E-state index >= 15 is 0 Å². The summed E-state index contributed by atoms with van der Waals surface area (Å²) in [4.78, 5) is 22.4. The second kappa shape index (κ2) is 6.74. The van der Waals surface area contributed by atoms with Gasteiger partial charge in [-0.15, -0.1) is 0 Å². The van der Waals surface area contributed by atoms with Crippen LogP contribution in [0, 0.1) is 15.9 Å². The van der Waals surface area contributed by atoms with Gasteiger partial charge in [0.15, 0.2) is 0 Å². The minimum atomic E-state index is -2.09. The van der Waals surface area contributed by atoms with Crippen LogP contribution in [-0.2, 0) is 0 Å². The molecule has 0 aromatic heterocycles. The standard InChI is InChI=1S/C13H9BClFN2O5/c15-8-2-4-12(18(22)23)11(6-8)17-13(19)7-1-3-10(16)9(5-7)14(20)21/h1-6,20-21H,(H,17,19). The van der Waals surface area contributed by atoms with Crippen LogP contribution in [0.15, 0.2) is 36.4 Å². The summed E-state index contributed by atoms with van der Waals surface area (Å²) in [5.74, 6) is -1.69. The van der Waals surface area contributed by atoms with Gasteiger partial charge in [-0.05, 0) is 30.3 Å². The quantitative estimate of drug-likeness (QED) is 0.442. The highest BCUT2D eigenvalue weighted by molar-refractivity contribution is 6.58. The molecule has 0 atom stereocenters. The van der Waals surface area contributed by atoms with Crippen LogP contribution < -0.4 is 10.8 Å². The summed E-state index contributed by atoms with van der Waals surface area (Å²) in [7, 11) is -2.09. The molecular formula is C13H9BClFN2O5. The number of hydrogen-bond donors (Lipinski definition) is 3. The van der Waals surface area contributed by atoms with Gasteiger partial charge in [0.05, 0.1) is 4.92 Å². The molecule has 118 valence electrons. The van der Waals surface area contributed by atoms with Crippen LogP contribution in [0.5, 0.6) is 0 Å². The van der Waals surface area contributed by atoms with Crippen LogP contribution in [-0.4, -0.2) is 28.0 Å². The largest absolute Gasteiger partial charge is 0.491 e. The zero-order valence-corrected chi connectivity index (χ0v) is 12.1. The molecule has 23 heavy (non-hydrogen) atoms. The molecule has 0 heterocycles. The van der Waals surface area contributed by atoms with Crippen molar-refractivity contribution in [2.45, 2.75) is 0 Å². The number of rotatable bonds is 4. The number of nitrogens with one attached hydrogen (secondary N) is 1. The topological polar surface area (TPSA) is 113 Å². The van der Waals surface area contributed by atoms with E-state index < -0.39 is 29.2 Å². The molecule has 1 amide bonds. The van der Waals surface area contributed by atoms with Crippen molar-refractivity contribution in [2.24, 2.45) is 0 Å². The van der Waals surface area contributed by atoms with E-state index in [1.807, 2.05) is 0 Å². The Kier molecular flexibility index (Phi) is 4.94. The van der Waals surface area contributed by atoms with Gasteiger partial charge in [0.1, 0.15) is 11.5 Å². The van der Waals surface area contributed by atoms with Crippen LogP contribution in [0.3, 0.4) is 0 Å². The third-order valence-electron chi connectivity index (χ3n) is 2.94. The van der Waals surface area contributed by atoms with Crippen molar-refractivity contribution in [1.82, 2.24) is 0 Å². The lowest BCUT2D eigenvalue weighted by molar-refractivity contribution is -0.383. The Morgan fingerprint density at radius 2 is 1.96 bits per heavy atom. The van der Waals surface area contributed by atoms with E-state index in [9.17, 15) is 19.3 Å². The van der Waals surface area contributed by atoms with Gasteiger partial charge in [0.25, 0.3) is 11.6 Å². The Bertz CT molecular complexity index is 787. The normalized spacial score (nSPS) is 10.3. The van der Waals surface area contributed by atoms with Crippen molar-refractivity contribution < 1.29 is 24.2 Å². The Hall–Kier alpha value is -2.49. The van der Waals surface area contributed by atoms with E-state index in [-0.39, 0.29) is 22.0 Å². The van der Waals surface area contributed by atoms with Gasteiger partial charge < -0.3 is 15.4 Å². The van der Waals surface area contributed by atoms with Gasteiger partial charge >= 0.3 is 7.12 Å². The predicted octanol–water partition coefficient (Wildman–Crippen LogP) is 1.32. The molecule has 7 nitrogen and oxygen atoms in total. The monoisotopic (exact) mass is 338 g/mol. The third-order valence-corrected chi connectivity index (χ3v) is 3.17. The van der Waals surface area contributed by atoms with Crippen LogP contribution in [0.1, 0.15) is 10.4 Å². The minimum Gasteiger partial charge on any atom is -0.423 e. The number of amides is 1. The molecule has 2 aromatic rings. The molecule has 3 N–H and O–H groups in total. The van der Waals surface area contributed by atoms with Crippen molar-refractivity contribution in [3.63, 3.8) is 0 Å². The van der Waals surface area contributed by atoms with Crippen molar-refractivity contribution >= 4 is 41.5 Å². The number of halogens is 2. The van der Waals surface area contributed by atoms with Gasteiger partial charge in [0.2, 0.25) is 0 Å². The van der Waals surface area contributed by atoms with Gasteiger partial charge in [0, 0.05) is 22.1 Å². The van der Waals surface area contributed by atoms with E-state index in [1.54, 1.807) is 0 Å². The maximum atomic E-state index is 13.4. The molecule has 10 heteroatoms. The van der Waals surface area contributed by atoms with Crippen LogP contribution in [0.2, 0.25) is 5.02 Å². The number of nitro groups is 1. The number of carbonyl (C=O) groups excluding carboxylic acids is 1. The fourth-order valence-electron chi connectivity index (χ4n) is 1.84. The molecule has 0 aliphatic rings. The molecule has 0 fully saturated rings. The summed E-state index contributed by atoms with van der Waals surface area (Å²) in [5, 5.41) is 31.5. The Morgan fingerprint density at radius 1 is 1.26 bits per heavy atom. The lowest BCUT2D eigenvalue weighted by atomic mass is 9.79. The number of nitro benzene ring substituents is 1. The fourth-order valence-corrected chi connectivity index (χ4v) is 2.02. The van der Waals surface area contributed by atoms with E-state index in [0.717, 1.165) is 24.3 Å². The average Bonchev–Trinajstić information content (AvgIpc) is 2.46. The zero-order valence-electron chi connectivity index (χ0n) is 11.4. The third kappa shape index (κ3) is 3.83. The van der Waals surface area contributed by atoms with Crippen LogP contribution >= 0.6 is 11.6 Å². The smallest absolute Gasteiger partial charge is 0.423 e. The first-order valence-electron chi connectivity index (χ1n) is 6.20. The minimum absolute atomic E-state index is 0.108. The number of hydrogen-bond acceptors (Lipinski definition) is 5. The van der Waals surface area contributed by atoms with E-state index in [4.69, 9.17) is 21.6 Å². The van der Waals surface area contributed by atoms with E-state index in [0.29, 0.717) is 0 Å². The molecule has 0 bridgehead atoms. The fraction of sp³-hybridized carbons (Fsp3) is 0. The Balaban J connectivity index is 2.35. The molecular weight excluding hydrogens is 329 g/mol. The molecule has 0 radical (unpaired) electrons. The number of nitrogens with zero attached hydrogens (tertiary/aromatic N) is 1. The van der Waals surface area contributed by atoms with Gasteiger partial charge in [-0.25, -0.2) is 4.39 Å². The Labute approximate surface area is 134 Å². The Morgan fingerprint density at radius 3 is 2.57 bits per heavy atom. The summed E-state index contributed by atoms with van der Waals surface area (Å²) in [6.45, 7) is 0. The molecule has 0 aliphatic carbocycles. The summed E-state index contributed by atoms with van der Waals surface area (Å²) in [6, 6.07) is 6.55. The molecule has 0 saturated heterocycles. The summed E-state index contributed by atoms with van der Waals surface area (Å²) >= 11 is 5.75. The first-order chi connectivity index (χ1) is 10.8. The summed E-state index contributed by atoms with van der Waals surface area (Å²) in [5.41, 5.74) is -1.10. The van der Waals surface area contributed by atoms with Gasteiger partial charge in [-0.1, -0.05) is 11.6 Å². The first-order valence-corrected chi connectivity index (χ1v) is 6.58. The van der Waals surface area contributed by atoms with Crippen LogP contribution in [0.4, 0.5) is 15.8 Å². The van der Waals surface area contributed by atoms with Gasteiger partial charge in [-0.2, -0.15) is 0 Å². The van der Waals surface area contributed by atoms with Crippen molar-refractivity contribution in [3.8, 4) is 0 Å². The second-order valence-corrected chi connectivity index (χ2v) is 4.92. The maximum absolute atomic E-state index is 13.4. The van der Waals surface area contributed by atoms with E-state index in [2.05, 4.69) is 5.32 Å². The van der Waals surface area contributed by atoms with Crippen molar-refractivity contribution in [3.05, 3.63) is 62.9 Å². The molecule has 0 aliphatic heterocycles. The number of anilines is 1. The SMILES string of the molecule is O=C(Nc1cc(Cl)ccc1[N+](=O)[O-])c1ccc(F)c(B(O)O)c1. The summed E-state index contributed by atoms with van der Waals surface area (Å²) in [6.07, 6.45) is 0. The lowest BCUT2D eigenvalue weighted by Crippen LogP contribution is -2.33. The average molecular weight is 338 g/mol. The van der Waals surface area contributed by atoms with Crippen molar-refractivity contribution in [2.75, 3.05) is 5.32 Å². The molecule has 0 saturated carbocycles. The highest BCUT2D eigenvalue weighted by atomic mass is 35.5. The number of benzene rings is 2. The molecule has 2 rings (SSSR count). The highest BCUT2D eigenvalue weighted by Gasteiger charge is 2.21. The molecule has 0 spiro atoms. The summed E-state index contributed by atoms with van der Waals surface area (Å²) < 4.78 is 13.4. The van der Waals surface area contributed by atoms with Gasteiger partial charge in [-0.3, -0.25) is 14.9 Å². The zero-order chi connectivity index (χ0) is 17.1. The number of carbonyl (C=O) groups is 1. The molecule has 0 unspecified atom stereocenters. The van der Waals surface area contributed by atoms with Crippen LogP contribution in [0.25, 0.3) is 0 Å². The maximum Gasteiger partial charge on any atom is 0.491 e. The van der Waals surface area contributed by atoms with E-state index in [1.165, 1.54) is 12.1 Å². The molecule has 2 aromatic carbocycles. The highest BCUT2D eigenvalue weighted by Crippen LogP contribution is 2.28. The first kappa shape index (κ1) is 16.9. The van der Waals surface area contributed by atoms with Crippen molar-refractivity contribution in [1.29, 1.82) is 0 Å². The predicted molar refractivity (Wildman–Crippen MR) is 82.3 cm³/mol. The lowest BCUT2D eigenvalue weighted by Gasteiger charge is -2.08.